The molecule has 1 aromatic carbocycles. The van der Waals surface area contributed by atoms with E-state index in [1.54, 1.807) is 19.1 Å². The van der Waals surface area contributed by atoms with Crippen LogP contribution in [0, 0.1) is 0 Å². The monoisotopic (exact) mass is 354 g/mol. The van der Waals surface area contributed by atoms with Gasteiger partial charge >= 0.3 is 0 Å². The zero-order chi connectivity index (χ0) is 17.6. The highest BCUT2D eigenvalue weighted by molar-refractivity contribution is 7.89. The number of hydrogen-bond donors (Lipinski definition) is 1. The van der Waals surface area contributed by atoms with Crippen LogP contribution in [0.15, 0.2) is 29.2 Å². The Morgan fingerprint density at radius 1 is 1.21 bits per heavy atom. The average Bonchev–Trinajstić information content (AvgIpc) is 3.06. The van der Waals surface area contributed by atoms with Crippen molar-refractivity contribution in [2.45, 2.75) is 50.5 Å². The Bertz CT molecular complexity index is 637. The van der Waals surface area contributed by atoms with E-state index in [0.717, 1.165) is 25.7 Å². The van der Waals surface area contributed by atoms with E-state index < -0.39 is 10.0 Å². The van der Waals surface area contributed by atoms with Gasteiger partial charge < -0.3 is 10.1 Å². The molecule has 0 bridgehead atoms. The van der Waals surface area contributed by atoms with Crippen LogP contribution in [0.2, 0.25) is 0 Å². The van der Waals surface area contributed by atoms with Crippen molar-refractivity contribution < 1.29 is 17.9 Å². The number of sulfonamides is 1. The number of carbonyl (C=O) groups excluding carboxylic acids is 1. The first kappa shape index (κ1) is 18.7. The summed E-state index contributed by atoms with van der Waals surface area (Å²) < 4.78 is 31.9. The summed E-state index contributed by atoms with van der Waals surface area (Å²) in [6.07, 6.45) is 4.19. The van der Waals surface area contributed by atoms with Crippen molar-refractivity contribution in [2.24, 2.45) is 0 Å². The minimum atomic E-state index is -3.69. The van der Waals surface area contributed by atoms with E-state index in [2.05, 4.69) is 5.32 Å². The number of amides is 1. The number of ether oxygens (including phenoxy) is 1. The van der Waals surface area contributed by atoms with Crippen LogP contribution in [-0.4, -0.2) is 44.4 Å². The van der Waals surface area contributed by atoms with Gasteiger partial charge in [-0.15, -0.1) is 0 Å². The molecule has 0 unspecified atom stereocenters. The van der Waals surface area contributed by atoms with Gasteiger partial charge in [0.15, 0.2) is 0 Å². The molecular formula is C17H26N2O4S. The van der Waals surface area contributed by atoms with Gasteiger partial charge in [-0.1, -0.05) is 19.8 Å². The summed E-state index contributed by atoms with van der Waals surface area (Å²) in [5.74, 6) is 0.386. The summed E-state index contributed by atoms with van der Waals surface area (Å²) in [7, 11) is -3.69. The third-order valence-corrected chi connectivity index (χ3v) is 6.10. The Hall–Kier alpha value is -1.60. The topological polar surface area (TPSA) is 75.7 Å². The minimum Gasteiger partial charge on any atom is -0.494 e. The molecule has 1 saturated carbocycles. The number of rotatable bonds is 8. The van der Waals surface area contributed by atoms with Crippen molar-refractivity contribution in [2.75, 3.05) is 19.7 Å². The Labute approximate surface area is 144 Å². The first-order valence-electron chi connectivity index (χ1n) is 8.49. The maximum Gasteiger partial charge on any atom is 0.243 e. The Balaban J connectivity index is 2.04. The van der Waals surface area contributed by atoms with Crippen molar-refractivity contribution in [3.63, 3.8) is 0 Å². The van der Waals surface area contributed by atoms with Crippen LogP contribution < -0.4 is 10.1 Å². The maximum atomic E-state index is 12.7. The summed E-state index contributed by atoms with van der Waals surface area (Å²) in [6, 6.07) is 6.46. The highest BCUT2D eigenvalue weighted by Crippen LogP contribution is 2.20. The molecule has 1 aromatic rings. The zero-order valence-corrected chi connectivity index (χ0v) is 15.1. The van der Waals surface area contributed by atoms with E-state index in [0.29, 0.717) is 12.4 Å². The van der Waals surface area contributed by atoms with Gasteiger partial charge in [0.05, 0.1) is 18.0 Å². The van der Waals surface area contributed by atoms with Gasteiger partial charge in [0, 0.05) is 12.6 Å². The van der Waals surface area contributed by atoms with Gasteiger partial charge in [0.25, 0.3) is 0 Å². The standard InChI is InChI=1S/C17H26N2O4S/c1-3-19(13-17(20)18-14-7-5-6-8-14)24(21,22)16-11-9-15(10-12-16)23-4-2/h9-12,14H,3-8,13H2,1-2H3,(H,18,20). The summed E-state index contributed by atoms with van der Waals surface area (Å²) in [6.45, 7) is 4.21. The molecule has 0 aromatic heterocycles. The van der Waals surface area contributed by atoms with Crippen molar-refractivity contribution >= 4 is 15.9 Å². The van der Waals surface area contributed by atoms with E-state index in [4.69, 9.17) is 4.74 Å². The first-order chi connectivity index (χ1) is 11.5. The maximum absolute atomic E-state index is 12.7. The molecule has 2 rings (SSSR count). The number of nitrogens with one attached hydrogen (secondary N) is 1. The van der Waals surface area contributed by atoms with Gasteiger partial charge in [0.1, 0.15) is 5.75 Å². The van der Waals surface area contributed by atoms with Gasteiger partial charge in [0.2, 0.25) is 15.9 Å². The molecule has 24 heavy (non-hydrogen) atoms. The molecule has 0 spiro atoms. The third-order valence-electron chi connectivity index (χ3n) is 4.17. The lowest BCUT2D eigenvalue weighted by Crippen LogP contribution is -2.43. The average molecular weight is 354 g/mol. The van der Waals surface area contributed by atoms with Crippen LogP contribution in [-0.2, 0) is 14.8 Å². The molecule has 1 N–H and O–H groups in total. The van der Waals surface area contributed by atoms with Crippen molar-refractivity contribution in [3.05, 3.63) is 24.3 Å². The van der Waals surface area contributed by atoms with Crippen LogP contribution in [0.4, 0.5) is 0 Å². The zero-order valence-electron chi connectivity index (χ0n) is 14.3. The fourth-order valence-corrected chi connectivity index (χ4v) is 4.30. The number of hydrogen-bond acceptors (Lipinski definition) is 4. The van der Waals surface area contributed by atoms with Crippen LogP contribution in [0.5, 0.6) is 5.75 Å². The van der Waals surface area contributed by atoms with Crippen LogP contribution in [0.25, 0.3) is 0 Å². The molecule has 1 aliphatic rings. The minimum absolute atomic E-state index is 0.150. The Morgan fingerprint density at radius 3 is 2.38 bits per heavy atom. The van der Waals surface area contributed by atoms with Gasteiger partial charge in [-0.25, -0.2) is 8.42 Å². The lowest BCUT2D eigenvalue weighted by Gasteiger charge is -2.21. The molecule has 0 heterocycles. The quantitative estimate of drug-likeness (QED) is 0.776. The summed E-state index contributed by atoms with van der Waals surface area (Å²) >= 11 is 0. The van der Waals surface area contributed by atoms with Gasteiger partial charge in [-0.05, 0) is 44.0 Å². The largest absolute Gasteiger partial charge is 0.494 e. The molecule has 1 amide bonds. The molecule has 134 valence electrons. The number of likely N-dealkylation sites (N-methyl/N-ethyl adjacent to an activating group) is 1. The molecule has 0 atom stereocenters. The van der Waals surface area contributed by atoms with Crippen molar-refractivity contribution in [1.82, 2.24) is 9.62 Å². The third kappa shape index (κ3) is 4.70. The van der Waals surface area contributed by atoms with Crippen LogP contribution in [0.3, 0.4) is 0 Å². The molecule has 1 aliphatic carbocycles. The predicted octanol–water partition coefficient (Wildman–Crippen LogP) is 2.15. The predicted molar refractivity (Wildman–Crippen MR) is 92.4 cm³/mol. The van der Waals surface area contributed by atoms with Crippen LogP contribution >= 0.6 is 0 Å². The second kappa shape index (κ2) is 8.48. The van der Waals surface area contributed by atoms with E-state index in [-0.39, 0.29) is 29.9 Å². The Kier molecular flexibility index (Phi) is 6.62. The first-order valence-corrected chi connectivity index (χ1v) is 9.93. The fourth-order valence-electron chi connectivity index (χ4n) is 2.89. The Morgan fingerprint density at radius 2 is 1.83 bits per heavy atom. The number of nitrogens with zero attached hydrogens (tertiary/aromatic N) is 1. The summed E-state index contributed by atoms with van der Waals surface area (Å²) in [5.41, 5.74) is 0. The second-order valence-electron chi connectivity index (χ2n) is 5.88. The molecule has 1 fully saturated rings. The highest BCUT2D eigenvalue weighted by atomic mass is 32.2. The molecule has 0 aliphatic heterocycles. The van der Waals surface area contributed by atoms with E-state index >= 15 is 0 Å². The van der Waals surface area contributed by atoms with E-state index in [9.17, 15) is 13.2 Å². The summed E-state index contributed by atoms with van der Waals surface area (Å²) in [5, 5.41) is 2.93. The normalized spacial score (nSPS) is 15.6. The van der Waals surface area contributed by atoms with Crippen molar-refractivity contribution in [3.8, 4) is 5.75 Å². The molecule has 6 nitrogen and oxygen atoms in total. The van der Waals surface area contributed by atoms with Crippen molar-refractivity contribution in [1.29, 1.82) is 0 Å². The van der Waals surface area contributed by atoms with Gasteiger partial charge in [-0.3, -0.25) is 4.79 Å². The number of carbonyl (C=O) groups is 1. The second-order valence-corrected chi connectivity index (χ2v) is 7.82. The molecular weight excluding hydrogens is 328 g/mol. The lowest BCUT2D eigenvalue weighted by atomic mass is 10.2. The molecule has 0 saturated heterocycles. The summed E-state index contributed by atoms with van der Waals surface area (Å²) in [4.78, 5) is 12.3. The SMILES string of the molecule is CCOc1ccc(S(=O)(=O)N(CC)CC(=O)NC2CCCC2)cc1. The highest BCUT2D eigenvalue weighted by Gasteiger charge is 2.26. The van der Waals surface area contributed by atoms with Gasteiger partial charge in [-0.2, -0.15) is 4.31 Å². The van der Waals surface area contributed by atoms with Crippen LogP contribution in [0.1, 0.15) is 39.5 Å². The fraction of sp³-hybridized carbons (Fsp3) is 0.588. The van der Waals surface area contributed by atoms with E-state index in [1.165, 1.54) is 16.4 Å². The lowest BCUT2D eigenvalue weighted by molar-refractivity contribution is -0.121. The molecule has 0 radical (unpaired) electrons. The smallest absolute Gasteiger partial charge is 0.243 e. The van der Waals surface area contributed by atoms with E-state index in [1.807, 2.05) is 6.92 Å². The number of benzene rings is 1. The molecule has 7 heteroatoms.